The number of halogens is 5. The summed E-state index contributed by atoms with van der Waals surface area (Å²) < 4.78 is 64.3. The third-order valence-electron chi connectivity index (χ3n) is 4.08. The van der Waals surface area contributed by atoms with E-state index >= 15 is 0 Å². The Morgan fingerprint density at radius 1 is 1.00 bits per heavy atom. The minimum atomic E-state index is -4.41. The number of rotatable bonds is 4. The molecule has 1 aromatic carbocycles. The number of benzene rings is 1. The van der Waals surface area contributed by atoms with Crippen LogP contribution in [0.1, 0.15) is 16.3 Å². The van der Waals surface area contributed by atoms with E-state index in [1.54, 1.807) is 0 Å². The van der Waals surface area contributed by atoms with E-state index in [4.69, 9.17) is 0 Å². The smallest absolute Gasteiger partial charge is 0.296 e. The SMILES string of the molecule is Fc1ccc(CN2CCN(Cc3nc(C(F)(F)F)cs3)CC2)c(F)c1. The van der Waals surface area contributed by atoms with Gasteiger partial charge in [0.25, 0.3) is 0 Å². The molecular weight excluding hydrogens is 361 g/mol. The van der Waals surface area contributed by atoms with Gasteiger partial charge >= 0.3 is 6.18 Å². The number of hydrogen-bond acceptors (Lipinski definition) is 4. The van der Waals surface area contributed by atoms with Crippen LogP contribution in [0, 0.1) is 11.6 Å². The second-order valence-corrected chi connectivity index (χ2v) is 6.85. The second-order valence-electron chi connectivity index (χ2n) is 5.91. The summed E-state index contributed by atoms with van der Waals surface area (Å²) in [6.07, 6.45) is -4.41. The Morgan fingerprint density at radius 3 is 2.20 bits per heavy atom. The lowest BCUT2D eigenvalue weighted by atomic mass is 10.2. The van der Waals surface area contributed by atoms with Gasteiger partial charge < -0.3 is 0 Å². The Balaban J connectivity index is 1.51. The predicted molar refractivity (Wildman–Crippen MR) is 84.0 cm³/mol. The number of aromatic nitrogens is 1. The summed E-state index contributed by atoms with van der Waals surface area (Å²) in [5.41, 5.74) is -0.414. The molecule has 3 rings (SSSR count). The summed E-state index contributed by atoms with van der Waals surface area (Å²) in [5.74, 6) is -1.17. The van der Waals surface area contributed by atoms with Crippen LogP contribution in [-0.4, -0.2) is 41.0 Å². The molecular formula is C16H16F5N3S. The Morgan fingerprint density at radius 2 is 1.64 bits per heavy atom. The normalized spacial score (nSPS) is 17.2. The van der Waals surface area contributed by atoms with Crippen LogP contribution in [0.2, 0.25) is 0 Å². The Hall–Kier alpha value is -1.58. The molecule has 9 heteroatoms. The number of nitrogens with zero attached hydrogens (tertiary/aromatic N) is 3. The lowest BCUT2D eigenvalue weighted by molar-refractivity contribution is -0.140. The first-order valence-corrected chi connectivity index (χ1v) is 8.59. The highest BCUT2D eigenvalue weighted by molar-refractivity contribution is 7.09. The summed E-state index contributed by atoms with van der Waals surface area (Å²) in [5, 5.41) is 1.47. The van der Waals surface area contributed by atoms with Crippen molar-refractivity contribution in [1.29, 1.82) is 0 Å². The van der Waals surface area contributed by atoms with E-state index in [2.05, 4.69) is 4.98 Å². The van der Waals surface area contributed by atoms with Gasteiger partial charge in [-0.15, -0.1) is 11.3 Å². The van der Waals surface area contributed by atoms with Crippen molar-refractivity contribution in [2.45, 2.75) is 19.3 Å². The summed E-state index contributed by atoms with van der Waals surface area (Å²) in [4.78, 5) is 7.70. The number of thiazole rings is 1. The molecule has 1 aliphatic rings. The van der Waals surface area contributed by atoms with E-state index in [9.17, 15) is 22.0 Å². The monoisotopic (exact) mass is 377 g/mol. The summed E-state index contributed by atoms with van der Waals surface area (Å²) in [6, 6.07) is 3.53. The van der Waals surface area contributed by atoms with Crippen molar-refractivity contribution in [1.82, 2.24) is 14.8 Å². The lowest BCUT2D eigenvalue weighted by Crippen LogP contribution is -2.45. The van der Waals surface area contributed by atoms with E-state index in [0.29, 0.717) is 49.8 Å². The van der Waals surface area contributed by atoms with Gasteiger partial charge in [-0.05, 0) is 6.07 Å². The Kier molecular flexibility index (Phi) is 5.35. The van der Waals surface area contributed by atoms with Crippen molar-refractivity contribution >= 4 is 11.3 Å². The maximum atomic E-state index is 13.7. The van der Waals surface area contributed by atoms with Crippen molar-refractivity contribution in [2.75, 3.05) is 26.2 Å². The minimum absolute atomic E-state index is 0.375. The van der Waals surface area contributed by atoms with Crippen LogP contribution in [0.25, 0.3) is 0 Å². The molecule has 3 nitrogen and oxygen atoms in total. The van der Waals surface area contributed by atoms with Crippen molar-refractivity contribution < 1.29 is 22.0 Å². The van der Waals surface area contributed by atoms with Crippen molar-refractivity contribution in [3.05, 3.63) is 51.5 Å². The second kappa shape index (κ2) is 7.35. The van der Waals surface area contributed by atoms with Gasteiger partial charge in [0.05, 0.1) is 6.54 Å². The van der Waals surface area contributed by atoms with Crippen LogP contribution in [0.3, 0.4) is 0 Å². The van der Waals surface area contributed by atoms with E-state index < -0.39 is 23.5 Å². The minimum Gasteiger partial charge on any atom is -0.296 e. The predicted octanol–water partition coefficient (Wildman–Crippen LogP) is 3.76. The zero-order valence-corrected chi connectivity index (χ0v) is 14.0. The maximum absolute atomic E-state index is 13.7. The fraction of sp³-hybridized carbons (Fsp3) is 0.438. The summed E-state index contributed by atoms with van der Waals surface area (Å²) in [6.45, 7) is 3.39. The molecule has 0 bridgehead atoms. The molecule has 0 saturated carbocycles. The average Bonchev–Trinajstić information content (AvgIpc) is 3.01. The first-order chi connectivity index (χ1) is 11.8. The van der Waals surface area contributed by atoms with E-state index in [1.165, 1.54) is 12.1 Å². The molecule has 0 aliphatic carbocycles. The van der Waals surface area contributed by atoms with E-state index in [0.717, 1.165) is 22.8 Å². The van der Waals surface area contributed by atoms with E-state index in [1.807, 2.05) is 9.80 Å². The number of alkyl halides is 3. The van der Waals surface area contributed by atoms with Crippen LogP contribution in [-0.2, 0) is 19.3 Å². The third kappa shape index (κ3) is 4.74. The molecule has 25 heavy (non-hydrogen) atoms. The summed E-state index contributed by atoms with van der Waals surface area (Å²) >= 11 is 1.01. The molecule has 1 fully saturated rings. The molecule has 2 aromatic rings. The Bertz CT molecular complexity index is 723. The van der Waals surface area contributed by atoms with E-state index in [-0.39, 0.29) is 0 Å². The molecule has 136 valence electrons. The maximum Gasteiger partial charge on any atom is 0.434 e. The average molecular weight is 377 g/mol. The van der Waals surface area contributed by atoms with Gasteiger partial charge in [-0.25, -0.2) is 13.8 Å². The third-order valence-corrected chi connectivity index (χ3v) is 4.91. The molecule has 0 N–H and O–H groups in total. The van der Waals surface area contributed by atoms with Gasteiger partial charge in [-0.3, -0.25) is 9.80 Å². The highest BCUT2D eigenvalue weighted by Gasteiger charge is 2.33. The van der Waals surface area contributed by atoms with Gasteiger partial charge in [0.1, 0.15) is 16.6 Å². The van der Waals surface area contributed by atoms with Crippen molar-refractivity contribution in [3.8, 4) is 0 Å². The first kappa shape index (κ1) is 18.2. The summed E-state index contributed by atoms with van der Waals surface area (Å²) in [7, 11) is 0. The van der Waals surface area contributed by atoms with Gasteiger partial charge in [0, 0.05) is 49.7 Å². The van der Waals surface area contributed by atoms with Crippen LogP contribution < -0.4 is 0 Å². The quantitative estimate of drug-likeness (QED) is 0.757. The van der Waals surface area contributed by atoms with Crippen LogP contribution in [0.15, 0.2) is 23.6 Å². The Labute approximate surface area is 145 Å². The molecule has 0 spiro atoms. The highest BCUT2D eigenvalue weighted by Crippen LogP contribution is 2.30. The number of piperazine rings is 1. The lowest BCUT2D eigenvalue weighted by Gasteiger charge is -2.34. The molecule has 1 aromatic heterocycles. The fourth-order valence-electron chi connectivity index (χ4n) is 2.70. The van der Waals surface area contributed by atoms with Gasteiger partial charge in [0.15, 0.2) is 5.69 Å². The molecule has 0 amide bonds. The molecule has 0 unspecified atom stereocenters. The highest BCUT2D eigenvalue weighted by atomic mass is 32.1. The van der Waals surface area contributed by atoms with Gasteiger partial charge in [-0.1, -0.05) is 6.07 Å². The van der Waals surface area contributed by atoms with Crippen molar-refractivity contribution in [2.24, 2.45) is 0 Å². The fourth-order valence-corrected chi connectivity index (χ4v) is 3.54. The van der Waals surface area contributed by atoms with Crippen molar-refractivity contribution in [3.63, 3.8) is 0 Å². The molecule has 0 atom stereocenters. The molecule has 0 radical (unpaired) electrons. The number of hydrogen-bond donors (Lipinski definition) is 0. The van der Waals surface area contributed by atoms with Crippen LogP contribution in [0.5, 0.6) is 0 Å². The van der Waals surface area contributed by atoms with Crippen LogP contribution in [0.4, 0.5) is 22.0 Å². The largest absolute Gasteiger partial charge is 0.434 e. The zero-order chi connectivity index (χ0) is 18.0. The topological polar surface area (TPSA) is 19.4 Å². The van der Waals surface area contributed by atoms with Crippen LogP contribution >= 0.6 is 11.3 Å². The van der Waals surface area contributed by atoms with Gasteiger partial charge in [-0.2, -0.15) is 13.2 Å². The first-order valence-electron chi connectivity index (χ1n) is 7.71. The van der Waals surface area contributed by atoms with Gasteiger partial charge in [0.2, 0.25) is 0 Å². The molecule has 1 saturated heterocycles. The standard InChI is InChI=1S/C16H16F5N3S/c17-12-2-1-11(13(18)7-12)8-23-3-5-24(6-4-23)9-15-22-14(10-25-15)16(19,20)21/h1-2,7,10H,3-6,8-9H2. The zero-order valence-electron chi connectivity index (χ0n) is 13.2. The molecule has 2 heterocycles. The molecule has 1 aliphatic heterocycles.